The van der Waals surface area contributed by atoms with Crippen LogP contribution < -0.4 is 10.1 Å². The molecule has 1 aliphatic rings. The van der Waals surface area contributed by atoms with E-state index in [2.05, 4.69) is 15.2 Å². The average Bonchev–Trinajstić information content (AvgIpc) is 3.09. The summed E-state index contributed by atoms with van der Waals surface area (Å²) >= 11 is 5.83. The molecule has 0 heterocycles. The first-order chi connectivity index (χ1) is 15.2. The summed E-state index contributed by atoms with van der Waals surface area (Å²) in [4.78, 5) is 22.3. The van der Waals surface area contributed by atoms with Crippen LogP contribution >= 0.6 is 11.6 Å². The number of nitrogens with zero attached hydrogens (tertiary/aromatic N) is 2. The third-order valence-corrected chi connectivity index (χ3v) is 6.41. The van der Waals surface area contributed by atoms with Crippen LogP contribution in [0.15, 0.2) is 76.7 Å². The highest BCUT2D eigenvalue weighted by Gasteiger charge is 2.26. The number of rotatable bonds is 6. The molecule has 162 valence electrons. The molecular weight excluding hydrogens is 456 g/mol. The molecule has 0 atom stereocenters. The van der Waals surface area contributed by atoms with E-state index in [1.54, 1.807) is 24.3 Å². The molecule has 0 unspecified atom stereocenters. The molecule has 0 bridgehead atoms. The highest BCUT2D eigenvalue weighted by atomic mass is 35.5. The molecule has 4 rings (SSSR count). The number of carbonyl (C=O) groups is 1. The summed E-state index contributed by atoms with van der Waals surface area (Å²) in [5.41, 5.74) is 4.13. The number of benzene rings is 3. The van der Waals surface area contributed by atoms with E-state index in [-0.39, 0.29) is 28.5 Å². The quantitative estimate of drug-likeness (QED) is 0.404. The number of nitrogens with one attached hydrogen (secondary N) is 2. The Kier molecular flexibility index (Phi) is 5.64. The Morgan fingerprint density at radius 3 is 2.38 bits per heavy atom. The Labute approximate surface area is 187 Å². The maximum atomic E-state index is 13.0. The Hall–Kier alpha value is -3.76. The van der Waals surface area contributed by atoms with Crippen LogP contribution in [0.25, 0.3) is 0 Å². The summed E-state index contributed by atoms with van der Waals surface area (Å²) < 4.78 is 28.4. The lowest BCUT2D eigenvalue weighted by Gasteiger charge is -2.12. The molecule has 2 N–H and O–H groups in total. The van der Waals surface area contributed by atoms with Gasteiger partial charge in [0.2, 0.25) is 0 Å². The molecule has 3 aromatic carbocycles. The van der Waals surface area contributed by atoms with Gasteiger partial charge >= 0.3 is 0 Å². The van der Waals surface area contributed by atoms with Crippen LogP contribution in [0.2, 0.25) is 5.02 Å². The monoisotopic (exact) mass is 470 g/mol. The zero-order valence-electron chi connectivity index (χ0n) is 16.3. The van der Waals surface area contributed by atoms with Gasteiger partial charge in [-0.05, 0) is 30.3 Å². The van der Waals surface area contributed by atoms with E-state index in [9.17, 15) is 23.3 Å². The summed E-state index contributed by atoms with van der Waals surface area (Å²) in [7, 11) is -4.23. The number of non-ortho nitro benzene ring substituents is 1. The molecule has 0 saturated heterocycles. The van der Waals surface area contributed by atoms with E-state index >= 15 is 0 Å². The van der Waals surface area contributed by atoms with Crippen LogP contribution in [0.4, 0.5) is 17.1 Å². The van der Waals surface area contributed by atoms with Gasteiger partial charge in [-0.25, -0.2) is 8.42 Å². The summed E-state index contributed by atoms with van der Waals surface area (Å²) in [6, 6.07) is 16.2. The van der Waals surface area contributed by atoms with Crippen LogP contribution in [0.3, 0.4) is 0 Å². The summed E-state index contributed by atoms with van der Waals surface area (Å²) in [6.07, 6.45) is 0.0600. The molecule has 0 aromatic heterocycles. The van der Waals surface area contributed by atoms with Crippen molar-refractivity contribution in [3.05, 3.63) is 93.0 Å². The highest BCUT2D eigenvalue weighted by molar-refractivity contribution is 7.92. The van der Waals surface area contributed by atoms with Crippen molar-refractivity contribution in [3.63, 3.8) is 0 Å². The van der Waals surface area contributed by atoms with Crippen molar-refractivity contribution in [2.45, 2.75) is 11.3 Å². The second-order valence-electron chi connectivity index (χ2n) is 6.87. The third kappa shape index (κ3) is 4.32. The number of sulfonamides is 1. The first kappa shape index (κ1) is 21.5. The van der Waals surface area contributed by atoms with Crippen LogP contribution in [0.5, 0.6) is 0 Å². The normalized spacial score (nSPS) is 14.3. The van der Waals surface area contributed by atoms with E-state index in [4.69, 9.17) is 11.6 Å². The first-order valence-corrected chi connectivity index (χ1v) is 11.1. The zero-order valence-corrected chi connectivity index (χ0v) is 17.9. The molecule has 3 aromatic rings. The van der Waals surface area contributed by atoms with Crippen LogP contribution in [-0.2, 0) is 10.0 Å². The van der Waals surface area contributed by atoms with Gasteiger partial charge < -0.3 is 0 Å². The van der Waals surface area contributed by atoms with Gasteiger partial charge in [-0.2, -0.15) is 5.10 Å². The van der Waals surface area contributed by atoms with Gasteiger partial charge in [-0.15, -0.1) is 0 Å². The lowest BCUT2D eigenvalue weighted by molar-refractivity contribution is -0.385. The molecule has 0 radical (unpaired) electrons. The number of fused-ring (bicyclic) bond motifs is 1. The highest BCUT2D eigenvalue weighted by Crippen LogP contribution is 2.29. The second kappa shape index (κ2) is 8.40. The zero-order chi connectivity index (χ0) is 22.9. The summed E-state index contributed by atoms with van der Waals surface area (Å²) in [5.74, 6) is -0.0953. The predicted octanol–water partition coefficient (Wildman–Crippen LogP) is 4.45. The number of nitro groups is 1. The number of anilines is 2. The van der Waals surface area contributed by atoms with Gasteiger partial charge in [0.1, 0.15) is 4.90 Å². The number of Topliss-reactive ketones (excluding diaryl/α,β-unsaturated/α-hetero) is 1. The number of hydrogen-bond donors (Lipinski definition) is 2. The number of hydrazone groups is 1. The van der Waals surface area contributed by atoms with Crippen molar-refractivity contribution in [2.75, 3.05) is 10.1 Å². The van der Waals surface area contributed by atoms with Crippen molar-refractivity contribution in [2.24, 2.45) is 5.10 Å². The molecule has 0 aliphatic heterocycles. The van der Waals surface area contributed by atoms with E-state index in [0.717, 1.165) is 12.1 Å². The summed E-state index contributed by atoms with van der Waals surface area (Å²) in [6.45, 7) is 0. The topological polar surface area (TPSA) is 131 Å². The average molecular weight is 471 g/mol. The van der Waals surface area contributed by atoms with E-state index in [1.807, 2.05) is 0 Å². The van der Waals surface area contributed by atoms with Crippen molar-refractivity contribution >= 4 is 50.2 Å². The van der Waals surface area contributed by atoms with Gasteiger partial charge in [-0.3, -0.25) is 25.1 Å². The minimum atomic E-state index is -4.23. The third-order valence-electron chi connectivity index (χ3n) is 4.74. The standard InChI is InChI=1S/C21H15ClN4O5S/c22-13-5-7-14(8-6-13)25-32(30,31)21-11-15(26(28)29)9-10-18(21)23-24-19-12-20(27)17-4-2-1-3-16(17)19/h1-11,23,25H,12H2/b24-19-. The van der Waals surface area contributed by atoms with Crippen LogP contribution in [0.1, 0.15) is 22.3 Å². The van der Waals surface area contributed by atoms with Gasteiger partial charge in [0, 0.05) is 34.0 Å². The SMILES string of the molecule is O=C1C/C(=N/Nc2ccc([N+](=O)[O-])cc2S(=O)(=O)Nc2ccc(Cl)cc2)c2ccccc21. The van der Waals surface area contributed by atoms with Gasteiger partial charge in [0.15, 0.2) is 5.78 Å². The first-order valence-electron chi connectivity index (χ1n) is 9.26. The molecule has 0 saturated carbocycles. The fourth-order valence-corrected chi connectivity index (χ4v) is 4.58. The molecular formula is C21H15ClN4O5S. The lowest BCUT2D eigenvalue weighted by atomic mass is 10.1. The van der Waals surface area contributed by atoms with E-state index in [0.29, 0.717) is 21.9 Å². The number of ketones is 1. The van der Waals surface area contributed by atoms with Gasteiger partial charge in [0.25, 0.3) is 15.7 Å². The fraction of sp³-hybridized carbons (Fsp3) is 0.0476. The number of nitro benzene ring substituents is 1. The van der Waals surface area contributed by atoms with Crippen molar-refractivity contribution in [1.29, 1.82) is 0 Å². The molecule has 0 fully saturated rings. The van der Waals surface area contributed by atoms with Crippen molar-refractivity contribution in [1.82, 2.24) is 0 Å². The largest absolute Gasteiger partial charge is 0.294 e. The maximum Gasteiger partial charge on any atom is 0.270 e. The fourth-order valence-electron chi connectivity index (χ4n) is 3.22. The van der Waals surface area contributed by atoms with Gasteiger partial charge in [-0.1, -0.05) is 35.9 Å². The molecule has 1 aliphatic carbocycles. The Morgan fingerprint density at radius 2 is 1.69 bits per heavy atom. The minimum Gasteiger partial charge on any atom is -0.294 e. The number of halogens is 1. The smallest absolute Gasteiger partial charge is 0.270 e. The predicted molar refractivity (Wildman–Crippen MR) is 121 cm³/mol. The van der Waals surface area contributed by atoms with Crippen molar-refractivity contribution < 1.29 is 18.1 Å². The number of hydrogen-bond acceptors (Lipinski definition) is 7. The van der Waals surface area contributed by atoms with Crippen LogP contribution in [0, 0.1) is 10.1 Å². The maximum absolute atomic E-state index is 13.0. The Bertz CT molecular complexity index is 1370. The van der Waals surface area contributed by atoms with Gasteiger partial charge in [0.05, 0.1) is 22.7 Å². The molecule has 11 heteroatoms. The van der Waals surface area contributed by atoms with E-state index in [1.165, 1.54) is 30.3 Å². The minimum absolute atomic E-state index is 0.0152. The molecule has 9 nitrogen and oxygen atoms in total. The lowest BCUT2D eigenvalue weighted by Crippen LogP contribution is -2.15. The van der Waals surface area contributed by atoms with Crippen LogP contribution in [-0.4, -0.2) is 24.8 Å². The molecule has 32 heavy (non-hydrogen) atoms. The summed E-state index contributed by atoms with van der Waals surface area (Å²) in [5, 5.41) is 15.9. The molecule has 0 amide bonds. The Morgan fingerprint density at radius 1 is 1.00 bits per heavy atom. The molecule has 0 spiro atoms. The van der Waals surface area contributed by atoms with E-state index < -0.39 is 20.6 Å². The number of carbonyl (C=O) groups excluding carboxylic acids is 1. The van der Waals surface area contributed by atoms with Crippen molar-refractivity contribution in [3.8, 4) is 0 Å². The Balaban J connectivity index is 1.71. The second-order valence-corrected chi connectivity index (χ2v) is 8.95.